The number of piperazine rings is 1. The zero-order valence-corrected chi connectivity index (χ0v) is 47.8. The summed E-state index contributed by atoms with van der Waals surface area (Å²) in [6.07, 6.45) is -4.02. The van der Waals surface area contributed by atoms with Crippen LogP contribution in [0, 0.1) is 18.6 Å². The Balaban J connectivity index is 0.753. The molecule has 4 atom stereocenters. The molecule has 3 saturated heterocycles. The summed E-state index contributed by atoms with van der Waals surface area (Å²) in [5.74, 6) is -3.38. The lowest BCUT2D eigenvalue weighted by molar-refractivity contribution is -0.173. The summed E-state index contributed by atoms with van der Waals surface area (Å²) in [4.78, 5) is 95.4. The predicted molar refractivity (Wildman–Crippen MR) is 302 cm³/mol. The first-order valence-corrected chi connectivity index (χ1v) is 28.1. The van der Waals surface area contributed by atoms with Crippen molar-refractivity contribution >= 4 is 74.8 Å². The summed E-state index contributed by atoms with van der Waals surface area (Å²) in [6, 6.07) is 7.02. The fraction of sp³-hybridized carbons (Fsp3) is 0.431. The number of esters is 1. The molecule has 3 amide bonds. The van der Waals surface area contributed by atoms with Gasteiger partial charge in [0, 0.05) is 85.4 Å². The van der Waals surface area contributed by atoms with Crippen LogP contribution in [0.3, 0.4) is 0 Å². The highest BCUT2D eigenvalue weighted by molar-refractivity contribution is 6.34. The van der Waals surface area contributed by atoms with Crippen LogP contribution in [0.15, 0.2) is 53.3 Å². The minimum absolute atomic E-state index is 0.000380. The summed E-state index contributed by atoms with van der Waals surface area (Å²) in [7, 11) is 3.38. The van der Waals surface area contributed by atoms with E-state index in [-0.39, 0.29) is 121 Å². The highest BCUT2D eigenvalue weighted by Gasteiger charge is 2.51. The largest absolute Gasteiger partial charge is 0.462 e. The van der Waals surface area contributed by atoms with E-state index in [1.807, 2.05) is 7.05 Å². The summed E-state index contributed by atoms with van der Waals surface area (Å²) >= 11 is 6.71. The topological polar surface area (TPSA) is 247 Å². The molecule has 448 valence electrons. The Labute approximate surface area is 488 Å². The van der Waals surface area contributed by atoms with E-state index in [1.54, 1.807) is 30.9 Å². The van der Waals surface area contributed by atoms with Crippen LogP contribution < -0.4 is 26.7 Å². The number of alkyl halides is 3. The number of pyridine rings is 3. The first-order chi connectivity index (χ1) is 40.4. The molecule has 4 aromatic heterocycles. The van der Waals surface area contributed by atoms with Crippen molar-refractivity contribution in [3.63, 3.8) is 0 Å². The average molecular weight is 1200 g/mol. The lowest BCUT2D eigenvalue weighted by atomic mass is 9.85. The molecule has 0 bridgehead atoms. The zero-order valence-electron chi connectivity index (χ0n) is 47.1. The van der Waals surface area contributed by atoms with E-state index in [2.05, 4.69) is 26.4 Å². The molecular formula is C58H60ClF5N12O9. The van der Waals surface area contributed by atoms with Crippen LogP contribution in [-0.4, -0.2) is 153 Å². The number of halogens is 6. The van der Waals surface area contributed by atoms with Crippen molar-refractivity contribution in [2.75, 3.05) is 82.9 Å². The number of nitrogens with two attached hydrogens (primary N) is 2. The third kappa shape index (κ3) is 10.5. The third-order valence-corrected chi connectivity index (χ3v) is 17.1. The summed E-state index contributed by atoms with van der Waals surface area (Å²) < 4.78 is 100. The normalized spacial score (nSPS) is 20.3. The number of anilines is 3. The third-order valence-electron chi connectivity index (χ3n) is 16.8. The molecule has 0 unspecified atom stereocenters. The van der Waals surface area contributed by atoms with Gasteiger partial charge in [0.1, 0.15) is 42.8 Å². The maximum atomic E-state index is 17.1. The van der Waals surface area contributed by atoms with Crippen molar-refractivity contribution in [1.82, 2.24) is 44.1 Å². The number of aryl methyl sites for hydroxylation is 1. The number of nitrogens with zero attached hydrogens (tertiary/aromatic N) is 10. The van der Waals surface area contributed by atoms with E-state index in [1.165, 1.54) is 51.4 Å². The molecule has 2 aromatic carbocycles. The van der Waals surface area contributed by atoms with Crippen molar-refractivity contribution in [3.8, 4) is 28.7 Å². The van der Waals surface area contributed by atoms with Gasteiger partial charge in [0.05, 0.1) is 62.6 Å². The number of likely N-dealkylation sites (tertiary alicyclic amines) is 2. The minimum atomic E-state index is -4.95. The Morgan fingerprint density at radius 3 is 2.44 bits per heavy atom. The zero-order chi connectivity index (χ0) is 60.7. The molecule has 11 rings (SSSR count). The number of aromatic nitrogens is 5. The SMILES string of the molecule is C=C(COC(=O)N1CCC[C@H]1CN(C)C(=O)O[C@]1(CC)C(=O)OCc2c1cc1n(c2=O)Cc2cc3cc(N)c(F)cc3nc2-1)C(=O)N1CCN(c2nc(OC[C@@H]3CCCN3C)nc3c(F)c(-c4nc(N)cc(C)c4C(F)(F)F)c(Cl)cc23)[C@@H](C)C1. The second-order valence-electron chi connectivity index (χ2n) is 22.3. The quantitative estimate of drug-likeness (QED) is 0.0387. The van der Waals surface area contributed by atoms with Crippen LogP contribution in [0.4, 0.5) is 48.9 Å². The van der Waals surface area contributed by atoms with Crippen molar-refractivity contribution in [2.45, 2.75) is 95.9 Å². The van der Waals surface area contributed by atoms with Crippen LogP contribution in [-0.2, 0) is 48.7 Å². The van der Waals surface area contributed by atoms with Gasteiger partial charge in [0.15, 0.2) is 5.82 Å². The molecule has 0 saturated carbocycles. The number of fused-ring (bicyclic) bond motifs is 6. The van der Waals surface area contributed by atoms with Crippen LogP contribution in [0.2, 0.25) is 5.02 Å². The minimum Gasteiger partial charge on any atom is -0.462 e. The van der Waals surface area contributed by atoms with Crippen molar-refractivity contribution in [2.24, 2.45) is 0 Å². The molecule has 9 heterocycles. The molecule has 85 heavy (non-hydrogen) atoms. The second-order valence-corrected chi connectivity index (χ2v) is 22.7. The maximum Gasteiger partial charge on any atom is 0.418 e. The molecule has 5 aliphatic heterocycles. The summed E-state index contributed by atoms with van der Waals surface area (Å²) in [5.41, 5.74) is 7.72. The van der Waals surface area contributed by atoms with Gasteiger partial charge in [-0.2, -0.15) is 23.1 Å². The molecule has 0 aliphatic carbocycles. The van der Waals surface area contributed by atoms with Crippen LogP contribution >= 0.6 is 11.6 Å². The van der Waals surface area contributed by atoms with Crippen LogP contribution in [0.5, 0.6) is 6.01 Å². The molecule has 5 aliphatic rings. The predicted octanol–water partition coefficient (Wildman–Crippen LogP) is 7.95. The average Bonchev–Trinajstić information content (AvgIpc) is 2.40. The van der Waals surface area contributed by atoms with Crippen LogP contribution in [0.1, 0.15) is 73.8 Å². The molecular weight excluding hydrogens is 1140 g/mol. The van der Waals surface area contributed by atoms with Crippen molar-refractivity contribution in [3.05, 3.63) is 103 Å². The number of ether oxygens (including phenoxy) is 4. The van der Waals surface area contributed by atoms with Gasteiger partial charge < -0.3 is 59.5 Å². The maximum absolute atomic E-state index is 17.1. The molecule has 0 radical (unpaired) electrons. The van der Waals surface area contributed by atoms with E-state index in [4.69, 9.17) is 47.0 Å². The highest BCUT2D eigenvalue weighted by atomic mass is 35.5. The lowest BCUT2D eigenvalue weighted by Gasteiger charge is -2.41. The number of likely N-dealkylation sites (N-methyl/N-ethyl adjacent to an activating group) is 2. The number of carbonyl (C=O) groups is 4. The van der Waals surface area contributed by atoms with Gasteiger partial charge in [-0.1, -0.05) is 25.1 Å². The van der Waals surface area contributed by atoms with Gasteiger partial charge in [-0.05, 0) is 95.4 Å². The van der Waals surface area contributed by atoms with E-state index < -0.39 is 93.6 Å². The molecule has 3 fully saturated rings. The molecule has 4 N–H and O–H groups in total. The number of nitrogen functional groups attached to an aromatic ring is 2. The summed E-state index contributed by atoms with van der Waals surface area (Å²) in [6.45, 7) is 9.28. The van der Waals surface area contributed by atoms with Gasteiger partial charge in [0.25, 0.3) is 11.5 Å². The Morgan fingerprint density at radius 1 is 0.965 bits per heavy atom. The molecule has 6 aromatic rings. The standard InChI is InChI=1S/C58H60ClF5N12O9/c1-7-57(37-20-42-47-32(17-31-18-40(65)39(60)21-41(31)67-47)23-76(42)52(78)36(37)27-82-53(57)79)85-55(80)72(6)24-33-10-9-13-75(33)56(81)84-25-29(3)51(77)73-14-15-74(30(4)22-73)50-35-19-38(59)44(49-45(58(62,63)64)28(2)16-43(66)68-49)46(61)48(35)69-54(70-50)83-26-34-11-8-12-71(34)5/h16-21,30,33-34H,3,7-15,22-27,65H2,1-2,4-6H3,(H2,66,68)/t30-,33-,34-,57-/m0/s1. The number of carbonyl (C=O) groups excluding carboxylic acids is 4. The van der Waals surface area contributed by atoms with E-state index >= 15 is 4.39 Å². The Bertz CT molecular complexity index is 3870. The number of amides is 3. The Kier molecular flexibility index (Phi) is 15.3. The van der Waals surface area contributed by atoms with Gasteiger partial charge in [-0.15, -0.1) is 0 Å². The highest BCUT2D eigenvalue weighted by Crippen LogP contribution is 2.46. The monoisotopic (exact) mass is 1200 g/mol. The Morgan fingerprint density at radius 2 is 1.72 bits per heavy atom. The number of benzene rings is 2. The van der Waals surface area contributed by atoms with E-state index in [0.29, 0.717) is 40.7 Å². The van der Waals surface area contributed by atoms with Gasteiger partial charge >= 0.3 is 30.3 Å². The molecule has 0 spiro atoms. The number of hydrogen-bond donors (Lipinski definition) is 2. The van der Waals surface area contributed by atoms with Gasteiger partial charge in [-0.25, -0.2) is 33.1 Å². The van der Waals surface area contributed by atoms with E-state index in [0.717, 1.165) is 25.5 Å². The van der Waals surface area contributed by atoms with E-state index in [9.17, 15) is 41.5 Å². The number of cyclic esters (lactones) is 1. The number of hydrogen-bond acceptors (Lipinski definition) is 17. The molecule has 21 nitrogen and oxygen atoms in total. The smallest absolute Gasteiger partial charge is 0.418 e. The second kappa shape index (κ2) is 22.2. The van der Waals surface area contributed by atoms with Gasteiger partial charge in [-0.3, -0.25) is 9.59 Å². The molecule has 27 heteroatoms. The fourth-order valence-electron chi connectivity index (χ4n) is 12.3. The Hall–Kier alpha value is -8.39. The van der Waals surface area contributed by atoms with Crippen molar-refractivity contribution in [1.29, 1.82) is 0 Å². The first-order valence-electron chi connectivity index (χ1n) is 27.7. The van der Waals surface area contributed by atoms with Crippen molar-refractivity contribution < 1.29 is 60.1 Å². The lowest BCUT2D eigenvalue weighted by Crippen LogP contribution is -2.54. The van der Waals surface area contributed by atoms with Crippen LogP contribution in [0.25, 0.3) is 44.5 Å². The number of rotatable bonds is 12. The first kappa shape index (κ1) is 58.4. The summed E-state index contributed by atoms with van der Waals surface area (Å²) in [5, 5.41) is 0.233. The fourth-order valence-corrected chi connectivity index (χ4v) is 12.6. The van der Waals surface area contributed by atoms with Gasteiger partial charge in [0.2, 0.25) is 5.60 Å².